The lowest BCUT2D eigenvalue weighted by atomic mass is 10.0. The van der Waals surface area contributed by atoms with Crippen molar-refractivity contribution in [2.75, 3.05) is 26.2 Å². The van der Waals surface area contributed by atoms with Crippen LogP contribution in [0.5, 0.6) is 0 Å². The van der Waals surface area contributed by atoms with Crippen molar-refractivity contribution < 1.29 is 14.7 Å². The molecule has 2 saturated heterocycles. The summed E-state index contributed by atoms with van der Waals surface area (Å²) in [6, 6.07) is 8.03. The first-order valence-corrected chi connectivity index (χ1v) is 10.1. The van der Waals surface area contributed by atoms with Gasteiger partial charge in [-0.1, -0.05) is 31.2 Å². The van der Waals surface area contributed by atoms with E-state index in [1.807, 2.05) is 18.2 Å². The molecule has 1 aromatic rings. The Morgan fingerprint density at radius 3 is 2.52 bits per heavy atom. The van der Waals surface area contributed by atoms with Crippen molar-refractivity contribution in [3.05, 3.63) is 35.4 Å². The van der Waals surface area contributed by atoms with Crippen molar-refractivity contribution in [1.29, 1.82) is 0 Å². The molecule has 0 unspecified atom stereocenters. The van der Waals surface area contributed by atoms with Crippen LogP contribution in [0.15, 0.2) is 24.3 Å². The maximum absolute atomic E-state index is 12.4. The fourth-order valence-corrected chi connectivity index (χ4v) is 3.97. The van der Waals surface area contributed by atoms with E-state index in [0.29, 0.717) is 25.6 Å². The second kappa shape index (κ2) is 9.33. The largest absolute Gasteiger partial charge is 0.393 e. The minimum absolute atomic E-state index is 0.181. The summed E-state index contributed by atoms with van der Waals surface area (Å²) in [4.78, 5) is 28.7. The van der Waals surface area contributed by atoms with Crippen molar-refractivity contribution >= 4 is 11.8 Å². The predicted octanol–water partition coefficient (Wildman–Crippen LogP) is 1.52. The van der Waals surface area contributed by atoms with Crippen molar-refractivity contribution in [2.45, 2.75) is 51.8 Å². The van der Waals surface area contributed by atoms with Crippen LogP contribution in [0.1, 0.15) is 43.7 Å². The zero-order chi connectivity index (χ0) is 19.2. The van der Waals surface area contributed by atoms with E-state index >= 15 is 0 Å². The van der Waals surface area contributed by atoms with E-state index in [0.717, 1.165) is 56.4 Å². The molecule has 2 N–H and O–H groups in total. The van der Waals surface area contributed by atoms with E-state index in [-0.39, 0.29) is 6.10 Å². The molecule has 27 heavy (non-hydrogen) atoms. The molecule has 0 bridgehead atoms. The molecular weight excluding hydrogens is 342 g/mol. The highest BCUT2D eigenvalue weighted by Gasteiger charge is 2.26. The number of aliphatic hydroxyl groups is 1. The summed E-state index contributed by atoms with van der Waals surface area (Å²) in [6.07, 6.45) is 3.52. The number of amides is 2. The van der Waals surface area contributed by atoms with E-state index < -0.39 is 11.8 Å². The van der Waals surface area contributed by atoms with Crippen LogP contribution >= 0.6 is 0 Å². The van der Waals surface area contributed by atoms with E-state index in [1.165, 1.54) is 0 Å². The third-order valence-electron chi connectivity index (χ3n) is 5.65. The minimum atomic E-state index is -0.514. The Morgan fingerprint density at radius 2 is 1.81 bits per heavy atom. The summed E-state index contributed by atoms with van der Waals surface area (Å²) < 4.78 is 0. The molecule has 0 saturated carbocycles. The Morgan fingerprint density at radius 1 is 1.11 bits per heavy atom. The SMILES string of the molecule is C[C@@H]1CCCN(C(=O)C(=O)NCc2ccccc2CN2CCC(O)CC2)C1. The summed E-state index contributed by atoms with van der Waals surface area (Å²) >= 11 is 0. The molecule has 1 atom stereocenters. The molecule has 6 heteroatoms. The fraction of sp³-hybridized carbons (Fsp3) is 0.619. The molecule has 2 fully saturated rings. The normalized spacial score (nSPS) is 21.9. The number of carbonyl (C=O) groups is 2. The van der Waals surface area contributed by atoms with Crippen molar-refractivity contribution in [2.24, 2.45) is 5.92 Å². The molecule has 0 radical (unpaired) electrons. The van der Waals surface area contributed by atoms with Gasteiger partial charge in [-0.25, -0.2) is 0 Å². The van der Waals surface area contributed by atoms with Crippen LogP contribution in [0.4, 0.5) is 0 Å². The van der Waals surface area contributed by atoms with Crippen LogP contribution in [0, 0.1) is 5.92 Å². The maximum atomic E-state index is 12.4. The Kier molecular flexibility index (Phi) is 6.85. The highest BCUT2D eigenvalue weighted by atomic mass is 16.3. The minimum Gasteiger partial charge on any atom is -0.393 e. The Labute approximate surface area is 161 Å². The first kappa shape index (κ1) is 19.8. The summed E-state index contributed by atoms with van der Waals surface area (Å²) in [5, 5.41) is 12.5. The van der Waals surface area contributed by atoms with Gasteiger partial charge in [-0.05, 0) is 42.7 Å². The van der Waals surface area contributed by atoms with Gasteiger partial charge in [0.15, 0.2) is 0 Å². The third kappa shape index (κ3) is 5.53. The van der Waals surface area contributed by atoms with E-state index in [1.54, 1.807) is 4.90 Å². The molecule has 0 aliphatic carbocycles. The van der Waals surface area contributed by atoms with Gasteiger partial charge in [0.25, 0.3) is 0 Å². The van der Waals surface area contributed by atoms with Gasteiger partial charge in [0.05, 0.1) is 6.10 Å². The molecule has 2 heterocycles. The highest BCUT2D eigenvalue weighted by Crippen LogP contribution is 2.17. The molecular formula is C21H31N3O3. The lowest BCUT2D eigenvalue weighted by Crippen LogP contribution is -2.46. The zero-order valence-corrected chi connectivity index (χ0v) is 16.2. The Bertz CT molecular complexity index is 656. The van der Waals surface area contributed by atoms with Crippen LogP contribution in [0.25, 0.3) is 0 Å². The number of aliphatic hydroxyl groups excluding tert-OH is 1. The second-order valence-corrected chi connectivity index (χ2v) is 7.96. The van der Waals surface area contributed by atoms with Gasteiger partial charge in [-0.2, -0.15) is 0 Å². The fourth-order valence-electron chi connectivity index (χ4n) is 3.97. The maximum Gasteiger partial charge on any atom is 0.311 e. The summed E-state index contributed by atoms with van der Waals surface area (Å²) in [7, 11) is 0. The lowest BCUT2D eigenvalue weighted by molar-refractivity contribution is -0.147. The average Bonchev–Trinajstić information content (AvgIpc) is 2.68. The number of piperidine rings is 2. The molecule has 148 valence electrons. The number of benzene rings is 1. The smallest absolute Gasteiger partial charge is 0.311 e. The summed E-state index contributed by atoms with van der Waals surface area (Å²) in [5.41, 5.74) is 2.20. The highest BCUT2D eigenvalue weighted by molar-refractivity contribution is 6.34. The van der Waals surface area contributed by atoms with Crippen LogP contribution < -0.4 is 5.32 Å². The monoisotopic (exact) mass is 373 g/mol. The topological polar surface area (TPSA) is 72.9 Å². The third-order valence-corrected chi connectivity index (χ3v) is 5.65. The molecule has 3 rings (SSSR count). The molecule has 0 aromatic heterocycles. The number of likely N-dealkylation sites (tertiary alicyclic amines) is 2. The molecule has 0 spiro atoms. The van der Waals surface area contributed by atoms with E-state index in [4.69, 9.17) is 0 Å². The van der Waals surface area contributed by atoms with Crippen molar-refractivity contribution in [1.82, 2.24) is 15.1 Å². The number of rotatable bonds is 4. The van der Waals surface area contributed by atoms with Crippen LogP contribution in [-0.4, -0.2) is 59.0 Å². The molecule has 2 amide bonds. The number of nitrogens with zero attached hydrogens (tertiary/aromatic N) is 2. The predicted molar refractivity (Wildman–Crippen MR) is 104 cm³/mol. The van der Waals surface area contributed by atoms with Crippen molar-refractivity contribution in [3.63, 3.8) is 0 Å². The number of nitrogens with one attached hydrogen (secondary N) is 1. The quantitative estimate of drug-likeness (QED) is 0.785. The van der Waals surface area contributed by atoms with Gasteiger partial charge in [0.1, 0.15) is 0 Å². The number of carbonyl (C=O) groups excluding carboxylic acids is 2. The molecule has 6 nitrogen and oxygen atoms in total. The van der Waals surface area contributed by atoms with Crippen LogP contribution in [0.3, 0.4) is 0 Å². The van der Waals surface area contributed by atoms with Gasteiger partial charge in [-0.3, -0.25) is 14.5 Å². The van der Waals surface area contributed by atoms with Gasteiger partial charge in [-0.15, -0.1) is 0 Å². The van der Waals surface area contributed by atoms with E-state index in [2.05, 4.69) is 23.2 Å². The molecule has 1 aromatic carbocycles. The second-order valence-electron chi connectivity index (χ2n) is 7.96. The van der Waals surface area contributed by atoms with Gasteiger partial charge >= 0.3 is 11.8 Å². The van der Waals surface area contributed by atoms with Crippen LogP contribution in [0.2, 0.25) is 0 Å². The van der Waals surface area contributed by atoms with E-state index in [9.17, 15) is 14.7 Å². The Hall–Kier alpha value is -1.92. The first-order chi connectivity index (χ1) is 13.0. The van der Waals surface area contributed by atoms with Gasteiger partial charge in [0, 0.05) is 39.3 Å². The van der Waals surface area contributed by atoms with Crippen molar-refractivity contribution in [3.8, 4) is 0 Å². The first-order valence-electron chi connectivity index (χ1n) is 10.1. The number of hydrogen-bond donors (Lipinski definition) is 2. The number of hydrogen-bond acceptors (Lipinski definition) is 4. The summed E-state index contributed by atoms with van der Waals surface area (Å²) in [5.74, 6) is -0.469. The van der Waals surface area contributed by atoms with Crippen LogP contribution in [-0.2, 0) is 22.7 Å². The molecule has 2 aliphatic heterocycles. The van der Waals surface area contributed by atoms with Gasteiger partial charge in [0.2, 0.25) is 0 Å². The lowest BCUT2D eigenvalue weighted by Gasteiger charge is -2.30. The average molecular weight is 373 g/mol. The zero-order valence-electron chi connectivity index (χ0n) is 16.2. The molecule has 2 aliphatic rings. The standard InChI is InChI=1S/C21H31N3O3/c1-16-5-4-10-24(14-16)21(27)20(26)22-13-17-6-2-3-7-18(17)15-23-11-8-19(25)9-12-23/h2-3,6-7,16,19,25H,4-5,8-15H2,1H3,(H,22,26)/t16-/m1/s1. The van der Waals surface area contributed by atoms with Gasteiger partial charge < -0.3 is 15.3 Å². The Balaban J connectivity index is 1.54. The summed E-state index contributed by atoms with van der Waals surface area (Å²) in [6.45, 7) is 6.39.